The van der Waals surface area contributed by atoms with Crippen molar-refractivity contribution in [2.24, 2.45) is 5.92 Å². The van der Waals surface area contributed by atoms with Crippen LogP contribution in [0.4, 0.5) is 0 Å². The van der Waals surface area contributed by atoms with Crippen molar-refractivity contribution < 1.29 is 9.52 Å². The highest BCUT2D eigenvalue weighted by Gasteiger charge is 2.29. The summed E-state index contributed by atoms with van der Waals surface area (Å²) in [4.78, 5) is 0. The minimum atomic E-state index is -0.186. The zero-order valence-corrected chi connectivity index (χ0v) is 9.15. The van der Waals surface area contributed by atoms with E-state index in [-0.39, 0.29) is 12.1 Å². The van der Waals surface area contributed by atoms with Crippen molar-refractivity contribution in [1.29, 1.82) is 0 Å². The van der Waals surface area contributed by atoms with Crippen molar-refractivity contribution in [3.63, 3.8) is 0 Å². The fourth-order valence-electron chi connectivity index (χ4n) is 1.85. The van der Waals surface area contributed by atoms with Gasteiger partial charge in [-0.2, -0.15) is 0 Å². The van der Waals surface area contributed by atoms with E-state index in [2.05, 4.69) is 12.2 Å². The maximum atomic E-state index is 9.74. The quantitative estimate of drug-likeness (QED) is 0.754. The molecule has 0 bridgehead atoms. The highest BCUT2D eigenvalue weighted by Crippen LogP contribution is 2.32. The van der Waals surface area contributed by atoms with E-state index in [1.54, 1.807) is 6.26 Å². The van der Waals surface area contributed by atoms with E-state index in [4.69, 9.17) is 4.42 Å². The number of aliphatic hydroxyl groups is 1. The summed E-state index contributed by atoms with van der Waals surface area (Å²) in [7, 11) is 0. The Balaban J connectivity index is 1.80. The molecule has 2 N–H and O–H groups in total. The molecule has 0 aromatic carbocycles. The predicted octanol–water partition coefficient (Wildman–Crippen LogP) is 2.09. The van der Waals surface area contributed by atoms with Crippen LogP contribution in [0, 0.1) is 5.92 Å². The zero-order chi connectivity index (χ0) is 10.7. The molecule has 84 valence electrons. The molecule has 0 amide bonds. The van der Waals surface area contributed by atoms with Gasteiger partial charge in [-0.15, -0.1) is 0 Å². The van der Waals surface area contributed by atoms with Gasteiger partial charge in [0.2, 0.25) is 0 Å². The molecule has 1 aliphatic rings. The molecule has 1 fully saturated rings. The van der Waals surface area contributed by atoms with Gasteiger partial charge in [-0.3, -0.25) is 0 Å². The fraction of sp³-hybridized carbons (Fsp3) is 0.667. The maximum Gasteiger partial charge on any atom is 0.120 e. The standard InChI is InChI=1S/C12H19NO2/c1-2-10(12-4-3-7-15-12)13-8-11(14)9-5-6-9/h3-4,7,9-11,13-14H,2,5-6,8H2,1H3. The Labute approximate surface area is 90.5 Å². The Morgan fingerprint density at radius 3 is 2.93 bits per heavy atom. The largest absolute Gasteiger partial charge is 0.468 e. The van der Waals surface area contributed by atoms with Crippen molar-refractivity contribution in [2.45, 2.75) is 38.3 Å². The van der Waals surface area contributed by atoms with E-state index in [0.717, 1.165) is 12.2 Å². The minimum absolute atomic E-state index is 0.186. The highest BCUT2D eigenvalue weighted by atomic mass is 16.3. The van der Waals surface area contributed by atoms with Crippen LogP contribution in [0.3, 0.4) is 0 Å². The monoisotopic (exact) mass is 209 g/mol. The number of rotatable bonds is 6. The molecule has 3 nitrogen and oxygen atoms in total. The van der Waals surface area contributed by atoms with Gasteiger partial charge in [-0.05, 0) is 37.3 Å². The average Bonchev–Trinajstić information content (AvgIpc) is 2.97. The molecule has 0 aliphatic heterocycles. The third-order valence-corrected chi connectivity index (χ3v) is 3.03. The molecule has 1 saturated carbocycles. The molecule has 0 saturated heterocycles. The summed E-state index contributed by atoms with van der Waals surface area (Å²) in [5.41, 5.74) is 0. The summed E-state index contributed by atoms with van der Waals surface area (Å²) in [5, 5.41) is 13.1. The summed E-state index contributed by atoms with van der Waals surface area (Å²) in [6.45, 7) is 2.79. The van der Waals surface area contributed by atoms with E-state index < -0.39 is 0 Å². The minimum Gasteiger partial charge on any atom is -0.468 e. The maximum absolute atomic E-state index is 9.74. The van der Waals surface area contributed by atoms with Crippen molar-refractivity contribution in [3.05, 3.63) is 24.2 Å². The lowest BCUT2D eigenvalue weighted by atomic mass is 10.1. The van der Waals surface area contributed by atoms with E-state index >= 15 is 0 Å². The van der Waals surface area contributed by atoms with Gasteiger partial charge in [0.05, 0.1) is 18.4 Å². The molecule has 2 atom stereocenters. The van der Waals surface area contributed by atoms with Crippen LogP contribution in [-0.2, 0) is 0 Å². The molecule has 0 spiro atoms. The molecular formula is C12H19NO2. The Morgan fingerprint density at radius 1 is 1.60 bits per heavy atom. The number of furan rings is 1. The molecule has 15 heavy (non-hydrogen) atoms. The van der Waals surface area contributed by atoms with Gasteiger partial charge in [-0.1, -0.05) is 6.92 Å². The number of nitrogens with one attached hydrogen (secondary N) is 1. The van der Waals surface area contributed by atoms with Crippen LogP contribution in [0.15, 0.2) is 22.8 Å². The molecule has 2 rings (SSSR count). The lowest BCUT2D eigenvalue weighted by Crippen LogP contribution is -2.31. The van der Waals surface area contributed by atoms with Gasteiger partial charge >= 0.3 is 0 Å². The molecule has 2 unspecified atom stereocenters. The summed E-state index contributed by atoms with van der Waals surface area (Å²) >= 11 is 0. The smallest absolute Gasteiger partial charge is 0.120 e. The first-order chi connectivity index (χ1) is 7.31. The number of hydrogen-bond donors (Lipinski definition) is 2. The van der Waals surface area contributed by atoms with Crippen LogP contribution in [0.2, 0.25) is 0 Å². The Kier molecular flexibility index (Phi) is 3.44. The van der Waals surface area contributed by atoms with E-state index in [1.165, 1.54) is 12.8 Å². The molecule has 1 heterocycles. The molecule has 3 heteroatoms. The Bertz CT molecular complexity index is 280. The van der Waals surface area contributed by atoms with Crippen LogP contribution >= 0.6 is 0 Å². The second-order valence-electron chi connectivity index (χ2n) is 4.29. The van der Waals surface area contributed by atoms with Gasteiger partial charge in [0, 0.05) is 6.54 Å². The first-order valence-corrected chi connectivity index (χ1v) is 5.76. The average molecular weight is 209 g/mol. The third kappa shape index (κ3) is 2.83. The summed E-state index contributed by atoms with van der Waals surface area (Å²) in [6.07, 6.45) is 4.84. The molecule has 1 aromatic rings. The van der Waals surface area contributed by atoms with Gasteiger partial charge in [0.1, 0.15) is 5.76 Å². The summed E-state index contributed by atoms with van der Waals surface area (Å²) in [5.74, 6) is 1.49. The van der Waals surface area contributed by atoms with Crippen molar-refractivity contribution in [3.8, 4) is 0 Å². The lowest BCUT2D eigenvalue weighted by molar-refractivity contribution is 0.142. The van der Waals surface area contributed by atoms with Gasteiger partial charge in [0.25, 0.3) is 0 Å². The van der Waals surface area contributed by atoms with E-state index in [9.17, 15) is 5.11 Å². The second-order valence-corrected chi connectivity index (χ2v) is 4.29. The SMILES string of the molecule is CCC(NCC(O)C1CC1)c1ccco1. The van der Waals surface area contributed by atoms with Crippen LogP contribution < -0.4 is 5.32 Å². The number of aliphatic hydroxyl groups excluding tert-OH is 1. The Morgan fingerprint density at radius 2 is 2.40 bits per heavy atom. The van der Waals surface area contributed by atoms with Gasteiger partial charge in [0.15, 0.2) is 0 Å². The molecule has 1 aliphatic carbocycles. The predicted molar refractivity (Wildman–Crippen MR) is 58.5 cm³/mol. The van der Waals surface area contributed by atoms with Crippen LogP contribution in [0.25, 0.3) is 0 Å². The summed E-state index contributed by atoms with van der Waals surface area (Å²) < 4.78 is 5.35. The van der Waals surface area contributed by atoms with Crippen LogP contribution in [0.5, 0.6) is 0 Å². The molecular weight excluding hydrogens is 190 g/mol. The van der Waals surface area contributed by atoms with E-state index in [0.29, 0.717) is 12.5 Å². The van der Waals surface area contributed by atoms with Gasteiger partial charge < -0.3 is 14.8 Å². The lowest BCUT2D eigenvalue weighted by Gasteiger charge is -2.17. The van der Waals surface area contributed by atoms with Crippen LogP contribution in [0.1, 0.15) is 38.0 Å². The zero-order valence-electron chi connectivity index (χ0n) is 9.15. The third-order valence-electron chi connectivity index (χ3n) is 3.03. The van der Waals surface area contributed by atoms with Crippen molar-refractivity contribution in [2.75, 3.05) is 6.54 Å². The molecule has 1 aromatic heterocycles. The van der Waals surface area contributed by atoms with Crippen LogP contribution in [-0.4, -0.2) is 17.8 Å². The van der Waals surface area contributed by atoms with Gasteiger partial charge in [-0.25, -0.2) is 0 Å². The Hall–Kier alpha value is -0.800. The second kappa shape index (κ2) is 4.81. The first-order valence-electron chi connectivity index (χ1n) is 5.76. The first kappa shape index (κ1) is 10.7. The van der Waals surface area contributed by atoms with Crippen molar-refractivity contribution >= 4 is 0 Å². The van der Waals surface area contributed by atoms with Crippen molar-refractivity contribution in [1.82, 2.24) is 5.32 Å². The highest BCUT2D eigenvalue weighted by molar-refractivity contribution is 5.04. The summed E-state index contributed by atoms with van der Waals surface area (Å²) in [6, 6.07) is 4.11. The number of hydrogen-bond acceptors (Lipinski definition) is 3. The molecule has 0 radical (unpaired) electrons. The normalized spacial score (nSPS) is 20.1. The fourth-order valence-corrected chi connectivity index (χ4v) is 1.85. The topological polar surface area (TPSA) is 45.4 Å². The van der Waals surface area contributed by atoms with E-state index in [1.807, 2.05) is 12.1 Å².